The van der Waals surface area contributed by atoms with Crippen molar-refractivity contribution in [3.05, 3.63) is 29.8 Å². The van der Waals surface area contributed by atoms with E-state index in [1.807, 2.05) is 0 Å². The zero-order valence-corrected chi connectivity index (χ0v) is 11.9. The largest absolute Gasteiger partial charge is 0.497 e. The van der Waals surface area contributed by atoms with Gasteiger partial charge in [-0.25, -0.2) is 9.59 Å². The number of hydrogen-bond acceptors (Lipinski definition) is 4. The minimum Gasteiger partial charge on any atom is -0.497 e. The highest BCUT2D eigenvalue weighted by Crippen LogP contribution is 2.12. The summed E-state index contributed by atoms with van der Waals surface area (Å²) >= 11 is 0. The maximum Gasteiger partial charge on any atom is 0.363 e. The topological polar surface area (TPSA) is 92.2 Å². The van der Waals surface area contributed by atoms with Crippen LogP contribution in [0.2, 0.25) is 0 Å². The molecule has 2 unspecified atom stereocenters. The average molecular weight is 281 g/mol. The minimum absolute atomic E-state index is 0.214. The summed E-state index contributed by atoms with van der Waals surface area (Å²) in [7, 11) is 3.23. The number of likely N-dealkylation sites (N-methyl/N-ethyl adjacent to an activating group) is 1. The summed E-state index contributed by atoms with van der Waals surface area (Å²) in [5.41, 5.74) is 0.847. The van der Waals surface area contributed by atoms with E-state index in [-0.39, 0.29) is 18.4 Å². The molecule has 1 aromatic rings. The first kappa shape index (κ1) is 16.1. The zero-order valence-electron chi connectivity index (χ0n) is 11.9. The van der Waals surface area contributed by atoms with Crippen LogP contribution in [-0.4, -0.2) is 43.2 Å². The van der Waals surface area contributed by atoms with Crippen LogP contribution in [0.25, 0.3) is 0 Å². The number of aliphatic carboxylic acids is 1. The fraction of sp³-hybridized carbons (Fsp3) is 0.429. The number of primary amides is 1. The SMILES string of the molecule is CNC(C)C(=O)[NH2+]C(Cc1ccc(OC)cc1)C(=O)O. The molecular formula is C14H21N2O4+. The third-order valence-corrected chi connectivity index (χ3v) is 3.16. The summed E-state index contributed by atoms with van der Waals surface area (Å²) in [5.74, 6) is -0.504. The molecule has 110 valence electrons. The van der Waals surface area contributed by atoms with Crippen LogP contribution in [0.1, 0.15) is 12.5 Å². The second-order valence-corrected chi connectivity index (χ2v) is 4.58. The van der Waals surface area contributed by atoms with Crippen molar-refractivity contribution in [3.63, 3.8) is 0 Å². The van der Waals surface area contributed by atoms with E-state index in [0.29, 0.717) is 5.75 Å². The fourth-order valence-corrected chi connectivity index (χ4v) is 1.72. The van der Waals surface area contributed by atoms with E-state index < -0.39 is 12.0 Å². The number of amides is 1. The Morgan fingerprint density at radius 3 is 2.40 bits per heavy atom. The van der Waals surface area contributed by atoms with E-state index >= 15 is 0 Å². The lowest BCUT2D eigenvalue weighted by molar-refractivity contribution is -0.595. The average Bonchev–Trinajstić information content (AvgIpc) is 2.46. The van der Waals surface area contributed by atoms with E-state index in [0.717, 1.165) is 5.56 Å². The van der Waals surface area contributed by atoms with Gasteiger partial charge in [0.25, 0.3) is 0 Å². The molecule has 0 aliphatic carbocycles. The quantitative estimate of drug-likeness (QED) is 0.620. The molecule has 0 radical (unpaired) electrons. The highest BCUT2D eigenvalue weighted by atomic mass is 16.5. The molecule has 0 fully saturated rings. The number of carbonyl (C=O) groups is 2. The van der Waals surface area contributed by atoms with Gasteiger partial charge in [-0.2, -0.15) is 0 Å². The monoisotopic (exact) mass is 281 g/mol. The number of carboxylic acid groups (broad SMARTS) is 1. The third kappa shape index (κ3) is 4.64. The molecule has 0 spiro atoms. The standard InChI is InChI=1S/C14H20N2O4/c1-9(15-2)13(17)16-12(14(18)19)8-10-4-6-11(20-3)7-5-10/h4-7,9,12,15H,8H2,1-3H3,(H,16,17)(H,18,19)/p+1. The number of carboxylic acids is 1. The second kappa shape index (κ2) is 7.62. The predicted molar refractivity (Wildman–Crippen MR) is 73.6 cm³/mol. The van der Waals surface area contributed by atoms with Gasteiger partial charge in [0, 0.05) is 6.42 Å². The van der Waals surface area contributed by atoms with E-state index in [4.69, 9.17) is 4.74 Å². The van der Waals surface area contributed by atoms with Crippen LogP contribution in [0.5, 0.6) is 5.75 Å². The summed E-state index contributed by atoms with van der Waals surface area (Å²) in [4.78, 5) is 23.0. The Bertz CT molecular complexity index is 459. The van der Waals surface area contributed by atoms with Gasteiger partial charge in [-0.15, -0.1) is 0 Å². The van der Waals surface area contributed by atoms with E-state index in [9.17, 15) is 14.7 Å². The first-order valence-corrected chi connectivity index (χ1v) is 6.39. The summed E-state index contributed by atoms with van der Waals surface area (Å²) in [6.45, 7) is 1.70. The Labute approximate surface area is 118 Å². The Hall–Kier alpha value is -1.92. The Morgan fingerprint density at radius 1 is 1.35 bits per heavy atom. The van der Waals surface area contributed by atoms with Crippen LogP contribution in [0.3, 0.4) is 0 Å². The van der Waals surface area contributed by atoms with Crippen LogP contribution in [-0.2, 0) is 16.0 Å². The Balaban J connectivity index is 2.71. The van der Waals surface area contributed by atoms with Gasteiger partial charge in [-0.05, 0) is 31.7 Å². The molecule has 0 saturated carbocycles. The van der Waals surface area contributed by atoms with E-state index in [1.54, 1.807) is 45.3 Å². The lowest BCUT2D eigenvalue weighted by Gasteiger charge is -2.13. The van der Waals surface area contributed by atoms with Gasteiger partial charge in [0.1, 0.15) is 11.8 Å². The van der Waals surface area contributed by atoms with Crippen molar-refractivity contribution >= 4 is 11.9 Å². The van der Waals surface area contributed by atoms with Gasteiger partial charge in [0.2, 0.25) is 0 Å². The van der Waals surface area contributed by atoms with Crippen molar-refractivity contribution in [2.45, 2.75) is 25.4 Å². The smallest absolute Gasteiger partial charge is 0.363 e. The van der Waals surface area contributed by atoms with Gasteiger partial charge < -0.3 is 15.2 Å². The first-order valence-electron chi connectivity index (χ1n) is 6.39. The molecule has 2 atom stereocenters. The molecule has 1 aromatic carbocycles. The lowest BCUT2D eigenvalue weighted by atomic mass is 10.1. The maximum absolute atomic E-state index is 11.8. The number of ether oxygens (including phenoxy) is 1. The normalized spacial score (nSPS) is 13.6. The molecule has 0 aliphatic rings. The number of nitrogens with two attached hydrogens (primary N) is 1. The third-order valence-electron chi connectivity index (χ3n) is 3.16. The molecule has 0 bridgehead atoms. The minimum atomic E-state index is -1.00. The van der Waals surface area contributed by atoms with Crippen LogP contribution in [0.4, 0.5) is 0 Å². The van der Waals surface area contributed by atoms with Crippen molar-refractivity contribution in [2.24, 2.45) is 0 Å². The van der Waals surface area contributed by atoms with Gasteiger partial charge in [0.15, 0.2) is 6.04 Å². The molecule has 20 heavy (non-hydrogen) atoms. The number of benzene rings is 1. The van der Waals surface area contributed by atoms with Gasteiger partial charge in [0.05, 0.1) is 7.11 Å². The van der Waals surface area contributed by atoms with Crippen LogP contribution >= 0.6 is 0 Å². The fourth-order valence-electron chi connectivity index (χ4n) is 1.72. The molecule has 6 heteroatoms. The number of carbonyl (C=O) groups excluding carboxylic acids is 1. The Morgan fingerprint density at radius 2 is 1.95 bits per heavy atom. The summed E-state index contributed by atoms with van der Waals surface area (Å²) < 4.78 is 5.05. The molecule has 1 rings (SSSR count). The highest BCUT2D eigenvalue weighted by Gasteiger charge is 2.27. The molecular weight excluding hydrogens is 260 g/mol. The number of quaternary nitrogens is 1. The molecule has 4 N–H and O–H groups in total. The zero-order chi connectivity index (χ0) is 15.1. The Kier molecular flexibility index (Phi) is 6.14. The van der Waals surface area contributed by atoms with Crippen molar-refractivity contribution in [2.75, 3.05) is 14.2 Å². The van der Waals surface area contributed by atoms with Crippen LogP contribution in [0, 0.1) is 0 Å². The molecule has 6 nitrogen and oxygen atoms in total. The van der Waals surface area contributed by atoms with Gasteiger partial charge in [-0.3, -0.25) is 5.32 Å². The van der Waals surface area contributed by atoms with Crippen molar-refractivity contribution < 1.29 is 24.7 Å². The maximum atomic E-state index is 11.8. The molecule has 0 heterocycles. The van der Waals surface area contributed by atoms with Crippen LogP contribution in [0.15, 0.2) is 24.3 Å². The second-order valence-electron chi connectivity index (χ2n) is 4.58. The summed E-state index contributed by atoms with van der Waals surface area (Å²) in [6, 6.07) is 5.93. The molecule has 0 aliphatic heterocycles. The van der Waals surface area contributed by atoms with Gasteiger partial charge in [-0.1, -0.05) is 12.1 Å². The van der Waals surface area contributed by atoms with Crippen LogP contribution < -0.4 is 15.4 Å². The number of rotatable bonds is 7. The lowest BCUT2D eigenvalue weighted by Crippen LogP contribution is -2.97. The van der Waals surface area contributed by atoms with Gasteiger partial charge >= 0.3 is 11.9 Å². The first-order chi connectivity index (χ1) is 9.47. The van der Waals surface area contributed by atoms with E-state index in [2.05, 4.69) is 5.32 Å². The molecule has 0 saturated heterocycles. The summed E-state index contributed by atoms with van der Waals surface area (Å²) in [6.07, 6.45) is 0.279. The molecule has 0 aromatic heterocycles. The van der Waals surface area contributed by atoms with Crippen molar-refractivity contribution in [1.29, 1.82) is 0 Å². The van der Waals surface area contributed by atoms with Crippen molar-refractivity contribution in [3.8, 4) is 5.75 Å². The van der Waals surface area contributed by atoms with E-state index in [1.165, 1.54) is 5.32 Å². The van der Waals surface area contributed by atoms with Crippen molar-refractivity contribution in [1.82, 2.24) is 5.32 Å². The summed E-state index contributed by atoms with van der Waals surface area (Å²) in [5, 5.41) is 13.3. The number of nitrogens with one attached hydrogen (secondary N) is 1. The molecule has 1 amide bonds. The number of methoxy groups -OCH3 is 1. The predicted octanol–water partition coefficient (Wildman–Crippen LogP) is -0.611. The number of hydrogen-bond donors (Lipinski definition) is 3. The highest BCUT2D eigenvalue weighted by molar-refractivity contribution is 5.77.